The molecule has 4 atom stereocenters. The zero-order valence-corrected chi connectivity index (χ0v) is 23.0. The average molecular weight is 572 g/mol. The molecule has 2 aromatic carbocycles. The molecule has 2 N–H and O–H groups in total. The molecule has 0 heterocycles. The molecule has 0 aliphatic heterocycles. The van der Waals surface area contributed by atoms with Crippen LogP contribution in [0.25, 0.3) is 11.1 Å². The molecule has 12 heteroatoms. The standard InChI is InChI=1S/C27H33F4N3O4S/c1-5-22(17-32)38-34-24(35)15-21(16-26(3,28)6-2)33-25(27(29,30)31)20-9-7-18(8-10-20)19-11-13-23(14-12-19)39(4,36)37/h7-14,21-22,25,33H,5-6,15-16H2,1-4H3,(H,34,35)/t21-,22?,25+,26?/m1/s1. The van der Waals surface area contributed by atoms with Gasteiger partial charge in [-0.05, 0) is 55.0 Å². The number of halogens is 4. The Balaban J connectivity index is 2.29. The van der Waals surface area contributed by atoms with Gasteiger partial charge in [0, 0.05) is 18.7 Å². The summed E-state index contributed by atoms with van der Waals surface area (Å²) in [6.07, 6.45) is -5.19. The van der Waals surface area contributed by atoms with Crippen molar-refractivity contribution in [3.8, 4) is 17.2 Å². The fourth-order valence-electron chi connectivity index (χ4n) is 3.83. The van der Waals surface area contributed by atoms with Crippen molar-refractivity contribution in [2.45, 2.75) is 81.4 Å². The van der Waals surface area contributed by atoms with Gasteiger partial charge in [-0.3, -0.25) is 14.9 Å². The van der Waals surface area contributed by atoms with Gasteiger partial charge < -0.3 is 0 Å². The van der Waals surface area contributed by atoms with Gasteiger partial charge >= 0.3 is 6.18 Å². The Hall–Kier alpha value is -3.01. The van der Waals surface area contributed by atoms with E-state index in [9.17, 15) is 30.8 Å². The molecule has 2 unspecified atom stereocenters. The summed E-state index contributed by atoms with van der Waals surface area (Å²) >= 11 is 0. The summed E-state index contributed by atoms with van der Waals surface area (Å²) in [5.41, 5.74) is 1.26. The minimum atomic E-state index is -4.77. The number of alkyl halides is 4. The molecule has 1 amide bonds. The Morgan fingerprint density at radius 3 is 2.00 bits per heavy atom. The molecule has 0 aromatic heterocycles. The average Bonchev–Trinajstić information content (AvgIpc) is 2.86. The van der Waals surface area contributed by atoms with Crippen LogP contribution in [0, 0.1) is 11.3 Å². The van der Waals surface area contributed by atoms with Gasteiger partial charge in [0.15, 0.2) is 15.9 Å². The number of carbonyl (C=O) groups is 1. The summed E-state index contributed by atoms with van der Waals surface area (Å²) in [5, 5.41) is 11.4. The smallest absolute Gasteiger partial charge is 0.299 e. The third kappa shape index (κ3) is 9.91. The zero-order chi connectivity index (χ0) is 29.4. The second kappa shape index (κ2) is 13.4. The lowest BCUT2D eigenvalue weighted by Crippen LogP contribution is -2.46. The van der Waals surface area contributed by atoms with Crippen LogP contribution < -0.4 is 10.8 Å². The number of rotatable bonds is 13. The van der Waals surface area contributed by atoms with E-state index in [0.29, 0.717) is 11.1 Å². The van der Waals surface area contributed by atoms with E-state index in [1.807, 2.05) is 6.07 Å². The highest BCUT2D eigenvalue weighted by atomic mass is 32.2. The van der Waals surface area contributed by atoms with E-state index in [1.165, 1.54) is 43.3 Å². The molecule has 0 saturated heterocycles. The molecule has 0 bridgehead atoms. The Bertz CT molecular complexity index is 1240. The quantitative estimate of drug-likeness (QED) is 0.240. The second-order valence-electron chi connectivity index (χ2n) is 9.60. The summed E-state index contributed by atoms with van der Waals surface area (Å²) in [7, 11) is -3.39. The first-order valence-corrected chi connectivity index (χ1v) is 14.2. The number of carbonyl (C=O) groups excluding carboxylic acids is 1. The lowest BCUT2D eigenvalue weighted by molar-refractivity contribution is -0.161. The summed E-state index contributed by atoms with van der Waals surface area (Å²) in [6.45, 7) is 4.47. The van der Waals surface area contributed by atoms with Gasteiger partial charge in [-0.25, -0.2) is 18.3 Å². The third-order valence-corrected chi connectivity index (χ3v) is 7.39. The maximum atomic E-state index is 14.9. The number of sulfone groups is 1. The molecule has 2 aromatic rings. The van der Waals surface area contributed by atoms with Gasteiger partial charge in [0.05, 0.1) is 11.0 Å². The molecule has 0 aliphatic carbocycles. The van der Waals surface area contributed by atoms with E-state index in [2.05, 4.69) is 10.8 Å². The predicted octanol–water partition coefficient (Wildman–Crippen LogP) is 5.59. The Morgan fingerprint density at radius 2 is 1.56 bits per heavy atom. The van der Waals surface area contributed by atoms with Crippen LogP contribution in [0.15, 0.2) is 53.4 Å². The molecule has 7 nitrogen and oxygen atoms in total. The van der Waals surface area contributed by atoms with Crippen LogP contribution in [-0.2, 0) is 19.5 Å². The van der Waals surface area contributed by atoms with E-state index in [1.54, 1.807) is 26.0 Å². The molecule has 0 spiro atoms. The number of nitrogens with one attached hydrogen (secondary N) is 2. The van der Waals surface area contributed by atoms with Gasteiger partial charge in [0.25, 0.3) is 0 Å². The number of benzene rings is 2. The topological polar surface area (TPSA) is 108 Å². The van der Waals surface area contributed by atoms with Crippen LogP contribution in [0.5, 0.6) is 0 Å². The summed E-state index contributed by atoms with van der Waals surface area (Å²) in [5.74, 6) is -0.790. The number of hydroxylamine groups is 1. The van der Waals surface area contributed by atoms with Gasteiger partial charge in [-0.1, -0.05) is 50.2 Å². The molecular formula is C27H33F4N3O4S. The summed E-state index contributed by atoms with van der Waals surface area (Å²) in [6, 6.07) is 9.85. The molecule has 0 radical (unpaired) electrons. The minimum absolute atomic E-state index is 0.0269. The van der Waals surface area contributed by atoms with E-state index in [0.717, 1.165) is 6.26 Å². The highest BCUT2D eigenvalue weighted by Crippen LogP contribution is 2.36. The molecule has 39 heavy (non-hydrogen) atoms. The lowest BCUT2D eigenvalue weighted by atomic mass is 9.92. The molecule has 0 saturated carbocycles. The monoisotopic (exact) mass is 571 g/mol. The molecule has 214 valence electrons. The van der Waals surface area contributed by atoms with Crippen molar-refractivity contribution >= 4 is 15.7 Å². The van der Waals surface area contributed by atoms with Crippen molar-refractivity contribution in [2.75, 3.05) is 6.26 Å². The summed E-state index contributed by atoms with van der Waals surface area (Å²) < 4.78 is 80.7. The fraction of sp³-hybridized carbons (Fsp3) is 0.481. The number of hydrogen-bond acceptors (Lipinski definition) is 6. The van der Waals surface area contributed by atoms with Crippen LogP contribution in [0.4, 0.5) is 17.6 Å². The Kier molecular flexibility index (Phi) is 11.0. The lowest BCUT2D eigenvalue weighted by Gasteiger charge is -2.31. The normalized spacial score (nSPS) is 16.0. The first kappa shape index (κ1) is 32.2. The van der Waals surface area contributed by atoms with Crippen molar-refractivity contribution in [1.82, 2.24) is 10.8 Å². The van der Waals surface area contributed by atoms with Crippen molar-refractivity contribution < 1.29 is 35.6 Å². The van der Waals surface area contributed by atoms with Crippen molar-refractivity contribution in [3.63, 3.8) is 0 Å². The molecule has 0 aliphatic rings. The van der Waals surface area contributed by atoms with Gasteiger partial charge in [-0.15, -0.1) is 0 Å². The Labute approximate surface area is 226 Å². The maximum Gasteiger partial charge on any atom is 0.407 e. The number of nitriles is 1. The predicted molar refractivity (Wildman–Crippen MR) is 139 cm³/mol. The first-order chi connectivity index (χ1) is 18.1. The highest BCUT2D eigenvalue weighted by molar-refractivity contribution is 7.90. The molecule has 0 fully saturated rings. The van der Waals surface area contributed by atoms with Crippen LogP contribution in [0.1, 0.15) is 58.1 Å². The maximum absolute atomic E-state index is 14.9. The highest BCUT2D eigenvalue weighted by Gasteiger charge is 2.43. The minimum Gasteiger partial charge on any atom is -0.299 e. The van der Waals surface area contributed by atoms with Crippen molar-refractivity contribution in [2.24, 2.45) is 0 Å². The fourth-order valence-corrected chi connectivity index (χ4v) is 4.46. The van der Waals surface area contributed by atoms with E-state index < -0.39 is 52.2 Å². The number of amides is 1. The third-order valence-electron chi connectivity index (χ3n) is 6.26. The van der Waals surface area contributed by atoms with E-state index >= 15 is 0 Å². The second-order valence-corrected chi connectivity index (χ2v) is 11.6. The van der Waals surface area contributed by atoms with Crippen LogP contribution in [0.3, 0.4) is 0 Å². The van der Waals surface area contributed by atoms with Crippen LogP contribution >= 0.6 is 0 Å². The van der Waals surface area contributed by atoms with Crippen molar-refractivity contribution in [3.05, 3.63) is 54.1 Å². The largest absolute Gasteiger partial charge is 0.407 e. The number of nitrogens with zero attached hydrogens (tertiary/aromatic N) is 1. The van der Waals surface area contributed by atoms with Crippen LogP contribution in [0.2, 0.25) is 0 Å². The summed E-state index contributed by atoms with van der Waals surface area (Å²) in [4.78, 5) is 17.5. The van der Waals surface area contributed by atoms with Gasteiger partial charge in [-0.2, -0.15) is 18.4 Å². The number of hydrogen-bond donors (Lipinski definition) is 2. The Morgan fingerprint density at radius 1 is 1.03 bits per heavy atom. The van der Waals surface area contributed by atoms with E-state index in [-0.39, 0.29) is 29.7 Å². The van der Waals surface area contributed by atoms with Crippen molar-refractivity contribution in [1.29, 1.82) is 5.26 Å². The SMILES string of the molecule is CCC(C#N)ONC(=O)C[C@H](CC(C)(F)CC)N[C@@H](c1ccc(-c2ccc(S(C)(=O)=O)cc2)cc1)C(F)(F)F. The molecular weight excluding hydrogens is 538 g/mol. The van der Waals surface area contributed by atoms with Gasteiger partial charge in [0.1, 0.15) is 11.7 Å². The first-order valence-electron chi connectivity index (χ1n) is 12.4. The van der Waals surface area contributed by atoms with E-state index in [4.69, 9.17) is 10.1 Å². The van der Waals surface area contributed by atoms with Gasteiger partial charge in [0.2, 0.25) is 5.91 Å². The molecule has 2 rings (SSSR count). The van der Waals surface area contributed by atoms with Crippen LogP contribution in [-0.4, -0.2) is 44.6 Å². The zero-order valence-electron chi connectivity index (χ0n) is 22.2.